The highest BCUT2D eigenvalue weighted by Crippen LogP contribution is 2.67. The Labute approximate surface area is 398 Å². The van der Waals surface area contributed by atoms with Gasteiger partial charge in [-0.05, 0) is 142 Å². The van der Waals surface area contributed by atoms with Crippen molar-refractivity contribution in [1.29, 1.82) is 0 Å². The lowest BCUT2D eigenvalue weighted by atomic mass is 9.47. The van der Waals surface area contributed by atoms with Crippen molar-refractivity contribution in [3.63, 3.8) is 0 Å². The average Bonchev–Trinajstić information content (AvgIpc) is 3.65. The molecule has 14 unspecified atom stereocenters. The molecule has 7 nitrogen and oxygen atoms in total. The number of esters is 1. The third kappa shape index (κ3) is 15.5. The van der Waals surface area contributed by atoms with Gasteiger partial charge in [0.1, 0.15) is 31.0 Å². The van der Waals surface area contributed by atoms with Crippen LogP contribution in [0, 0.1) is 52.3 Å². The van der Waals surface area contributed by atoms with E-state index < -0.39 is 30.7 Å². The summed E-state index contributed by atoms with van der Waals surface area (Å²) in [5.41, 5.74) is 2.12. The topological polar surface area (TPSA) is 105 Å². The maximum absolute atomic E-state index is 12.7. The quantitative estimate of drug-likeness (QED) is 0.0390. The van der Waals surface area contributed by atoms with Crippen molar-refractivity contribution >= 4 is 5.97 Å². The molecule has 0 amide bonds. The Morgan fingerprint density at radius 3 is 2.06 bits per heavy atom. The van der Waals surface area contributed by atoms with Crippen LogP contribution in [0.4, 0.5) is 0 Å². The van der Waals surface area contributed by atoms with Crippen LogP contribution in [0.25, 0.3) is 0 Å². The molecule has 0 aromatic carbocycles. The Morgan fingerprint density at radius 1 is 0.754 bits per heavy atom. The molecular formula is C58H100O7. The molecule has 65 heavy (non-hydrogen) atoms. The largest absolute Gasteiger partial charge is 0.463 e. The summed E-state index contributed by atoms with van der Waals surface area (Å²) in [6.07, 6.45) is 38.5. The maximum Gasteiger partial charge on any atom is 0.305 e. The van der Waals surface area contributed by atoms with Gasteiger partial charge in [-0.3, -0.25) is 4.79 Å². The van der Waals surface area contributed by atoms with Crippen LogP contribution in [-0.4, -0.2) is 64.7 Å². The lowest BCUT2D eigenvalue weighted by Crippen LogP contribution is -2.60. The fraction of sp³-hybridized carbons (Fsp3) is 0.879. The van der Waals surface area contributed by atoms with Gasteiger partial charge in [0, 0.05) is 6.42 Å². The zero-order valence-corrected chi connectivity index (χ0v) is 42.9. The van der Waals surface area contributed by atoms with Gasteiger partial charge in [0.25, 0.3) is 0 Å². The summed E-state index contributed by atoms with van der Waals surface area (Å²) in [5.74, 6) is 5.14. The molecule has 0 radical (unpaired) electrons. The normalized spacial score (nSPS) is 34.7. The van der Waals surface area contributed by atoms with E-state index in [4.69, 9.17) is 14.2 Å². The molecule has 4 fully saturated rings. The van der Waals surface area contributed by atoms with Crippen LogP contribution in [0.1, 0.15) is 228 Å². The lowest BCUT2D eigenvalue weighted by molar-refractivity contribution is -0.313. The van der Waals surface area contributed by atoms with Gasteiger partial charge in [-0.15, -0.1) is 0 Å². The van der Waals surface area contributed by atoms with Crippen molar-refractivity contribution in [2.45, 2.75) is 265 Å². The number of rotatable bonds is 29. The van der Waals surface area contributed by atoms with Gasteiger partial charge in [0.05, 0.1) is 6.10 Å². The molecule has 0 bridgehead atoms. The van der Waals surface area contributed by atoms with Crippen LogP contribution >= 0.6 is 0 Å². The highest BCUT2D eigenvalue weighted by atomic mass is 16.7. The summed E-state index contributed by atoms with van der Waals surface area (Å²) in [6.45, 7) is 17.0. The van der Waals surface area contributed by atoms with Gasteiger partial charge >= 0.3 is 5.97 Å². The smallest absolute Gasteiger partial charge is 0.305 e. The van der Waals surface area contributed by atoms with E-state index in [-0.39, 0.29) is 24.1 Å². The van der Waals surface area contributed by atoms with E-state index in [1.807, 2.05) is 0 Å². The van der Waals surface area contributed by atoms with Gasteiger partial charge in [-0.25, -0.2) is 0 Å². The number of hydrogen-bond acceptors (Lipinski definition) is 7. The fourth-order valence-corrected chi connectivity index (χ4v) is 13.5. The third-order valence-electron chi connectivity index (χ3n) is 18.3. The van der Waals surface area contributed by atoms with Crippen LogP contribution in [-0.2, 0) is 19.0 Å². The highest BCUT2D eigenvalue weighted by Gasteiger charge is 2.59. The van der Waals surface area contributed by atoms with Crippen molar-refractivity contribution in [2.24, 2.45) is 52.3 Å². The van der Waals surface area contributed by atoms with Gasteiger partial charge in [0.2, 0.25) is 0 Å². The lowest BCUT2D eigenvalue weighted by Gasteiger charge is -2.58. The van der Waals surface area contributed by atoms with Crippen LogP contribution in [0.5, 0.6) is 0 Å². The zero-order chi connectivity index (χ0) is 46.8. The molecule has 3 N–H and O–H groups in total. The molecule has 5 aliphatic rings. The molecule has 374 valence electrons. The summed E-state index contributed by atoms with van der Waals surface area (Å²) >= 11 is 0. The Bertz CT molecular complexity index is 1450. The number of allylic oxidation sites excluding steroid dienone is 5. The molecule has 1 heterocycles. The molecule has 7 heteroatoms. The Kier molecular flexibility index (Phi) is 23.1. The first-order valence-electron chi connectivity index (χ1n) is 27.8. The van der Waals surface area contributed by atoms with Gasteiger partial charge in [-0.1, -0.05) is 168 Å². The van der Waals surface area contributed by atoms with Gasteiger partial charge in [0.15, 0.2) is 6.29 Å². The standard InChI is InChI=1S/C58H100O7/c1-8-9-10-11-12-13-14-15-16-17-18-19-20-21-22-23-24-25-26-27-28-29-52(59)63-41-51-53(60)54(61)55(62)56(65-51)64-46-36-38-57(6)45(40-46)32-33-47-49-35-34-48(58(49,7)39-37-50(47)57)44(5)31-30-43(4)42(2)3/h14-15,17-18,32,42-44,46-51,53-56,60-62H,8-13,16,19-31,33-41H2,1-7H3/b15-14-,18-17-. The molecule has 14 atom stereocenters. The average molecular weight is 909 g/mol. The number of aliphatic hydroxyl groups excluding tert-OH is 3. The first-order valence-corrected chi connectivity index (χ1v) is 27.8. The maximum atomic E-state index is 12.7. The number of unbranched alkanes of at least 4 members (excludes halogenated alkanes) is 14. The van der Waals surface area contributed by atoms with Crippen molar-refractivity contribution in [2.75, 3.05) is 6.61 Å². The molecule has 5 rings (SSSR count). The second kappa shape index (κ2) is 27.6. The van der Waals surface area contributed by atoms with Crippen molar-refractivity contribution in [1.82, 2.24) is 0 Å². The van der Waals surface area contributed by atoms with E-state index in [0.29, 0.717) is 17.8 Å². The third-order valence-corrected chi connectivity index (χ3v) is 18.3. The van der Waals surface area contributed by atoms with E-state index >= 15 is 0 Å². The Balaban J connectivity index is 0.944. The van der Waals surface area contributed by atoms with E-state index in [1.54, 1.807) is 0 Å². The summed E-state index contributed by atoms with van der Waals surface area (Å²) in [4.78, 5) is 12.7. The predicted octanol–water partition coefficient (Wildman–Crippen LogP) is 14.2. The summed E-state index contributed by atoms with van der Waals surface area (Å²) in [6, 6.07) is 0. The van der Waals surface area contributed by atoms with Crippen LogP contribution in [0.3, 0.4) is 0 Å². The van der Waals surface area contributed by atoms with Gasteiger partial charge in [-0.2, -0.15) is 0 Å². The number of hydrogen-bond donors (Lipinski definition) is 3. The molecule has 3 saturated carbocycles. The Morgan fingerprint density at radius 2 is 1.40 bits per heavy atom. The first kappa shape index (κ1) is 54.4. The van der Waals surface area contributed by atoms with E-state index in [2.05, 4.69) is 78.8 Å². The minimum atomic E-state index is -1.45. The van der Waals surface area contributed by atoms with E-state index in [0.717, 1.165) is 86.9 Å². The molecule has 0 spiro atoms. The van der Waals surface area contributed by atoms with E-state index in [9.17, 15) is 20.1 Å². The Hall–Kier alpha value is -1.51. The number of fused-ring (bicyclic) bond motifs is 5. The first-order chi connectivity index (χ1) is 31.3. The predicted molar refractivity (Wildman–Crippen MR) is 267 cm³/mol. The number of aliphatic hydroxyl groups is 3. The van der Waals surface area contributed by atoms with Crippen LogP contribution < -0.4 is 0 Å². The molecular weight excluding hydrogens is 809 g/mol. The van der Waals surface area contributed by atoms with Gasteiger partial charge < -0.3 is 29.5 Å². The monoisotopic (exact) mass is 909 g/mol. The fourth-order valence-electron chi connectivity index (χ4n) is 13.5. The zero-order valence-electron chi connectivity index (χ0n) is 42.9. The molecule has 1 saturated heterocycles. The molecule has 0 aromatic rings. The minimum absolute atomic E-state index is 0.144. The van der Waals surface area contributed by atoms with Crippen molar-refractivity contribution < 1.29 is 34.3 Å². The summed E-state index contributed by atoms with van der Waals surface area (Å²) in [5, 5.41) is 32.6. The van der Waals surface area contributed by atoms with Crippen LogP contribution in [0.2, 0.25) is 0 Å². The van der Waals surface area contributed by atoms with Crippen molar-refractivity contribution in [3.8, 4) is 0 Å². The summed E-state index contributed by atoms with van der Waals surface area (Å²) < 4.78 is 18.1. The molecule has 0 aromatic heterocycles. The SMILES string of the molecule is CCCCCCC/C=C\C/C=C\CCCCCCCCCCCC(=O)OCC1OC(OC2CCC3(C)C(=CCC4C3CCC3(C)C(C(C)CCC(C)C(C)C)CCC43)C2)C(O)C(O)C1O. The van der Waals surface area contributed by atoms with Crippen LogP contribution in [0.15, 0.2) is 36.0 Å². The molecule has 1 aliphatic heterocycles. The number of ether oxygens (including phenoxy) is 3. The van der Waals surface area contributed by atoms with E-state index in [1.165, 1.54) is 128 Å². The number of carbonyl (C=O) groups is 1. The summed E-state index contributed by atoms with van der Waals surface area (Å²) in [7, 11) is 0. The second-order valence-corrected chi connectivity index (χ2v) is 23.1. The minimum Gasteiger partial charge on any atom is -0.463 e. The second-order valence-electron chi connectivity index (χ2n) is 23.1. The number of carbonyl (C=O) groups excluding carboxylic acids is 1. The highest BCUT2D eigenvalue weighted by molar-refractivity contribution is 5.69. The van der Waals surface area contributed by atoms with Crippen molar-refractivity contribution in [3.05, 3.63) is 36.0 Å². The molecule has 4 aliphatic carbocycles.